The summed E-state index contributed by atoms with van der Waals surface area (Å²) in [6.45, 7) is 10.3. The van der Waals surface area contributed by atoms with Crippen molar-refractivity contribution in [3.8, 4) is 0 Å². The number of carbonyl (C=O) groups excluding carboxylic acids is 1. The molecular weight excluding hydrogens is 310 g/mol. The second-order valence-electron chi connectivity index (χ2n) is 5.45. The van der Waals surface area contributed by atoms with E-state index in [4.69, 9.17) is 4.52 Å². The first kappa shape index (κ1) is 15.4. The minimum Gasteiger partial charge on any atom is -0.361 e. The van der Waals surface area contributed by atoms with Gasteiger partial charge in [0.25, 0.3) is 0 Å². The number of fused-ring (bicyclic) bond motifs is 1. The number of allylic oxidation sites excluding steroid dienone is 1. The van der Waals surface area contributed by atoms with E-state index in [2.05, 4.69) is 42.7 Å². The zero-order chi connectivity index (χ0) is 16.6. The van der Waals surface area contributed by atoms with Gasteiger partial charge >= 0.3 is 5.91 Å². The number of rotatable bonds is 3. The van der Waals surface area contributed by atoms with Crippen LogP contribution in [0.1, 0.15) is 27.4 Å². The molecule has 0 aliphatic rings. The molecule has 0 atom stereocenters. The fourth-order valence-electron chi connectivity index (χ4n) is 2.51. The normalized spacial score (nSPS) is 12.0. The molecule has 0 spiro atoms. The van der Waals surface area contributed by atoms with Crippen molar-refractivity contribution in [3.05, 3.63) is 58.2 Å². The lowest BCUT2D eigenvalue weighted by Crippen LogP contribution is -2.16. The Morgan fingerprint density at radius 3 is 2.83 bits per heavy atom. The van der Waals surface area contributed by atoms with Crippen LogP contribution in [-0.4, -0.2) is 15.6 Å². The van der Waals surface area contributed by atoms with E-state index in [1.165, 1.54) is 22.5 Å². The Labute approximate surface area is 137 Å². The third-order valence-corrected chi connectivity index (χ3v) is 4.70. The van der Waals surface area contributed by atoms with Crippen LogP contribution in [-0.2, 0) is 6.54 Å². The van der Waals surface area contributed by atoms with Crippen LogP contribution in [0.15, 0.2) is 40.4 Å². The molecule has 0 bridgehead atoms. The van der Waals surface area contributed by atoms with Crippen molar-refractivity contribution < 1.29 is 9.32 Å². The minimum absolute atomic E-state index is 0.220. The fraction of sp³-hybridized carbons (Fsp3) is 0.235. The van der Waals surface area contributed by atoms with Crippen LogP contribution in [0.4, 0.5) is 0 Å². The summed E-state index contributed by atoms with van der Waals surface area (Å²) >= 11 is 1.50. The zero-order valence-electron chi connectivity index (χ0n) is 13.3. The van der Waals surface area contributed by atoms with Gasteiger partial charge in [0.05, 0.1) is 10.2 Å². The SMILES string of the molecule is C=CCn1c(=NC(=O)c2cc(C)on2)sc2c(C)cc(C)cc21. The van der Waals surface area contributed by atoms with Crippen molar-refractivity contribution in [1.29, 1.82) is 0 Å². The molecule has 1 amide bonds. The van der Waals surface area contributed by atoms with Crippen molar-refractivity contribution in [1.82, 2.24) is 9.72 Å². The van der Waals surface area contributed by atoms with E-state index in [1.54, 1.807) is 19.1 Å². The molecule has 0 saturated carbocycles. The summed E-state index contributed by atoms with van der Waals surface area (Å²) in [6.07, 6.45) is 1.80. The standard InChI is InChI=1S/C17H17N3O2S/c1-5-6-20-14-8-10(2)7-11(3)15(14)23-17(20)18-16(21)13-9-12(4)22-19-13/h5,7-9H,1,6H2,2-4H3. The minimum atomic E-state index is -0.402. The summed E-state index contributed by atoms with van der Waals surface area (Å²) in [5.41, 5.74) is 3.64. The van der Waals surface area contributed by atoms with Gasteiger partial charge in [-0.2, -0.15) is 4.99 Å². The molecule has 0 unspecified atom stereocenters. The summed E-state index contributed by atoms with van der Waals surface area (Å²) in [5, 5.41) is 3.73. The third kappa shape index (κ3) is 2.90. The molecule has 23 heavy (non-hydrogen) atoms. The lowest BCUT2D eigenvalue weighted by molar-refractivity contribution is 0.0989. The number of amides is 1. The predicted molar refractivity (Wildman–Crippen MR) is 90.6 cm³/mol. The summed E-state index contributed by atoms with van der Waals surface area (Å²) in [5.74, 6) is 0.186. The maximum Gasteiger partial charge on any atom is 0.301 e. The molecule has 3 rings (SSSR count). The van der Waals surface area contributed by atoms with Crippen molar-refractivity contribution in [2.24, 2.45) is 4.99 Å². The molecule has 118 valence electrons. The molecule has 2 aromatic heterocycles. The van der Waals surface area contributed by atoms with Gasteiger partial charge in [-0.1, -0.05) is 28.6 Å². The van der Waals surface area contributed by atoms with Gasteiger partial charge in [-0.05, 0) is 38.0 Å². The van der Waals surface area contributed by atoms with Crippen LogP contribution < -0.4 is 4.80 Å². The van der Waals surface area contributed by atoms with Crippen LogP contribution >= 0.6 is 11.3 Å². The lowest BCUT2D eigenvalue weighted by Gasteiger charge is -2.03. The molecule has 5 nitrogen and oxygen atoms in total. The van der Waals surface area contributed by atoms with Gasteiger partial charge in [-0.25, -0.2) is 0 Å². The van der Waals surface area contributed by atoms with Crippen LogP contribution in [0, 0.1) is 20.8 Å². The molecule has 6 heteroatoms. The van der Waals surface area contributed by atoms with Gasteiger partial charge < -0.3 is 9.09 Å². The molecule has 0 aliphatic heterocycles. The topological polar surface area (TPSA) is 60.4 Å². The summed E-state index contributed by atoms with van der Waals surface area (Å²) in [7, 11) is 0. The number of aryl methyl sites for hydroxylation is 3. The van der Waals surface area contributed by atoms with Crippen LogP contribution in [0.3, 0.4) is 0 Å². The van der Waals surface area contributed by atoms with E-state index in [9.17, 15) is 4.79 Å². The van der Waals surface area contributed by atoms with Gasteiger partial charge in [0.1, 0.15) is 5.76 Å². The van der Waals surface area contributed by atoms with E-state index < -0.39 is 5.91 Å². The van der Waals surface area contributed by atoms with E-state index >= 15 is 0 Å². The first-order chi connectivity index (χ1) is 11.0. The number of nitrogens with zero attached hydrogens (tertiary/aromatic N) is 3. The number of aromatic nitrogens is 2. The Kier molecular flexibility index (Phi) is 4.00. The maximum absolute atomic E-state index is 12.3. The van der Waals surface area contributed by atoms with Gasteiger partial charge in [-0.3, -0.25) is 4.79 Å². The Hall–Kier alpha value is -2.47. The Balaban J connectivity index is 2.21. The predicted octanol–water partition coefficient (Wildman–Crippen LogP) is 3.54. The van der Waals surface area contributed by atoms with Crippen LogP contribution in [0.2, 0.25) is 0 Å². The Morgan fingerprint density at radius 2 is 2.17 bits per heavy atom. The summed E-state index contributed by atoms with van der Waals surface area (Å²) in [4.78, 5) is 17.2. The molecule has 2 heterocycles. The first-order valence-electron chi connectivity index (χ1n) is 7.23. The monoisotopic (exact) mass is 327 g/mol. The van der Waals surface area contributed by atoms with E-state index in [0.29, 0.717) is 17.1 Å². The van der Waals surface area contributed by atoms with Crippen molar-refractivity contribution in [2.45, 2.75) is 27.3 Å². The highest BCUT2D eigenvalue weighted by Crippen LogP contribution is 2.23. The zero-order valence-corrected chi connectivity index (χ0v) is 14.1. The Morgan fingerprint density at radius 1 is 1.39 bits per heavy atom. The molecule has 1 aromatic carbocycles. The van der Waals surface area contributed by atoms with Crippen molar-refractivity contribution >= 4 is 27.5 Å². The smallest absolute Gasteiger partial charge is 0.301 e. The highest BCUT2D eigenvalue weighted by Gasteiger charge is 2.13. The van der Waals surface area contributed by atoms with Gasteiger partial charge in [0, 0.05) is 12.6 Å². The van der Waals surface area contributed by atoms with E-state index in [-0.39, 0.29) is 5.69 Å². The second-order valence-corrected chi connectivity index (χ2v) is 6.43. The van der Waals surface area contributed by atoms with Gasteiger partial charge in [-0.15, -0.1) is 6.58 Å². The van der Waals surface area contributed by atoms with Gasteiger partial charge in [0.2, 0.25) is 0 Å². The fourth-order valence-corrected chi connectivity index (χ4v) is 3.60. The van der Waals surface area contributed by atoms with E-state index in [0.717, 1.165) is 10.2 Å². The molecule has 0 fully saturated rings. The number of carbonyl (C=O) groups is 1. The number of thiazole rings is 1. The molecule has 0 aliphatic carbocycles. The molecular formula is C17H17N3O2S. The third-order valence-electron chi connectivity index (χ3n) is 3.47. The second kappa shape index (κ2) is 5.96. The average molecular weight is 327 g/mol. The highest BCUT2D eigenvalue weighted by atomic mass is 32.1. The van der Waals surface area contributed by atoms with Crippen LogP contribution in [0.5, 0.6) is 0 Å². The highest BCUT2D eigenvalue weighted by molar-refractivity contribution is 7.16. The van der Waals surface area contributed by atoms with Crippen molar-refractivity contribution in [2.75, 3.05) is 0 Å². The van der Waals surface area contributed by atoms with Crippen LogP contribution in [0.25, 0.3) is 10.2 Å². The largest absolute Gasteiger partial charge is 0.361 e. The van der Waals surface area contributed by atoms with E-state index in [1.807, 2.05) is 4.57 Å². The first-order valence-corrected chi connectivity index (χ1v) is 8.05. The summed E-state index contributed by atoms with van der Waals surface area (Å²) < 4.78 is 8.07. The molecule has 0 radical (unpaired) electrons. The average Bonchev–Trinajstić information content (AvgIpc) is 3.05. The molecule has 3 aromatic rings. The quantitative estimate of drug-likeness (QED) is 0.691. The summed E-state index contributed by atoms with van der Waals surface area (Å²) in [6, 6.07) is 5.82. The van der Waals surface area contributed by atoms with Crippen molar-refractivity contribution in [3.63, 3.8) is 0 Å². The van der Waals surface area contributed by atoms with Gasteiger partial charge in [0.15, 0.2) is 10.5 Å². The number of hydrogen-bond donors (Lipinski definition) is 0. The lowest BCUT2D eigenvalue weighted by atomic mass is 10.1. The molecule has 0 saturated heterocycles. The number of hydrogen-bond acceptors (Lipinski definition) is 4. The maximum atomic E-state index is 12.3. The molecule has 0 N–H and O–H groups in total. The Bertz CT molecular complexity index is 976. The number of benzene rings is 1.